The van der Waals surface area contributed by atoms with E-state index in [-0.39, 0.29) is 45.7 Å². The van der Waals surface area contributed by atoms with E-state index in [0.29, 0.717) is 23.7 Å². The Morgan fingerprint density at radius 3 is 2.25 bits per heavy atom. The third kappa shape index (κ3) is 3.41. The first-order valence-corrected chi connectivity index (χ1v) is 16.0. The van der Waals surface area contributed by atoms with Crippen LogP contribution in [0.2, 0.25) is 0 Å². The smallest absolute Gasteiger partial charge is 0.409 e. The molecule has 5 aliphatic carbocycles. The standard InChI is InChI=1S/C33H55NO6/c1-18-16-19(26(29(4,5)38)40-27(37)34(8)9)39-24-23(18)30(6)14-15-33-17-32(33)13-12-22(35)28(2,3)20(32)10-11-21(33)31(30,7)25(24)36/h18-26,35-36,38H,10-17H2,1-9H3/t18-,19-,20+,21+,22+,23+,24+,25+,26+,30-,31-,32-,33+/m1/s1. The molecule has 0 aromatic heterocycles. The Bertz CT molecular complexity index is 1050. The van der Waals surface area contributed by atoms with E-state index in [9.17, 15) is 20.1 Å². The molecule has 1 aliphatic heterocycles. The summed E-state index contributed by atoms with van der Waals surface area (Å²) < 4.78 is 12.6. The summed E-state index contributed by atoms with van der Waals surface area (Å²) in [4.78, 5) is 14.0. The monoisotopic (exact) mass is 561 g/mol. The number of carbonyl (C=O) groups is 1. The molecule has 1 heterocycles. The summed E-state index contributed by atoms with van der Waals surface area (Å²) in [6, 6.07) is 0. The molecule has 1 saturated heterocycles. The predicted molar refractivity (Wildman–Crippen MR) is 152 cm³/mol. The Balaban J connectivity index is 1.33. The van der Waals surface area contributed by atoms with Crippen LogP contribution in [0.5, 0.6) is 0 Å². The van der Waals surface area contributed by atoms with Crippen LogP contribution in [-0.2, 0) is 9.47 Å². The minimum Gasteiger partial charge on any atom is -0.440 e. The van der Waals surface area contributed by atoms with Crippen molar-refractivity contribution in [1.29, 1.82) is 0 Å². The summed E-state index contributed by atoms with van der Waals surface area (Å²) in [5, 5.41) is 34.4. The molecule has 7 heteroatoms. The Labute approximate surface area is 241 Å². The maximum absolute atomic E-state index is 12.6. The Kier molecular flexibility index (Phi) is 6.28. The van der Waals surface area contributed by atoms with Crippen LogP contribution in [0.4, 0.5) is 4.79 Å². The van der Waals surface area contributed by atoms with Gasteiger partial charge in [0.15, 0.2) is 6.10 Å². The van der Waals surface area contributed by atoms with Crippen molar-refractivity contribution in [3.63, 3.8) is 0 Å². The van der Waals surface area contributed by atoms with Crippen molar-refractivity contribution in [1.82, 2.24) is 4.90 Å². The van der Waals surface area contributed by atoms with E-state index in [1.54, 1.807) is 27.9 Å². The SMILES string of the molecule is C[C@@H]1C[C@H]([C@H](OC(=O)N(C)C)C(C)(C)O)O[C@H]2[C@H]1[C@@]1(C)CC[C@@]34C[C@@]35CC[C@H](O)C(C)(C)[C@@H]5CC[C@H]4[C@]1(C)[C@H]2O. The second-order valence-corrected chi connectivity index (χ2v) is 16.9. The number of aliphatic hydroxyl groups excluding tert-OH is 2. The molecule has 40 heavy (non-hydrogen) atoms. The molecule has 0 aromatic carbocycles. The summed E-state index contributed by atoms with van der Waals surface area (Å²) >= 11 is 0. The molecule has 13 atom stereocenters. The van der Waals surface area contributed by atoms with Crippen LogP contribution < -0.4 is 0 Å². The van der Waals surface area contributed by atoms with Crippen LogP contribution in [0.25, 0.3) is 0 Å². The lowest BCUT2D eigenvalue weighted by molar-refractivity contribution is -0.203. The normalized spacial score (nSPS) is 53.2. The van der Waals surface area contributed by atoms with Gasteiger partial charge in [-0.2, -0.15) is 0 Å². The number of carbonyl (C=O) groups excluding carboxylic acids is 1. The maximum atomic E-state index is 12.6. The zero-order valence-corrected chi connectivity index (χ0v) is 26.4. The van der Waals surface area contributed by atoms with E-state index in [4.69, 9.17) is 9.47 Å². The zero-order chi connectivity index (χ0) is 29.4. The van der Waals surface area contributed by atoms with Crippen LogP contribution in [0.3, 0.4) is 0 Å². The quantitative estimate of drug-likeness (QED) is 0.449. The number of hydrogen-bond donors (Lipinski definition) is 3. The molecule has 5 saturated carbocycles. The van der Waals surface area contributed by atoms with E-state index in [1.165, 1.54) is 17.7 Å². The topological polar surface area (TPSA) is 99.5 Å². The van der Waals surface area contributed by atoms with Gasteiger partial charge in [-0.15, -0.1) is 0 Å². The summed E-state index contributed by atoms with van der Waals surface area (Å²) in [5.41, 5.74) is -1.11. The van der Waals surface area contributed by atoms with Gasteiger partial charge in [-0.05, 0) is 111 Å². The number of fused-ring (bicyclic) bond motifs is 4. The molecule has 0 radical (unpaired) electrons. The van der Waals surface area contributed by atoms with Gasteiger partial charge in [0, 0.05) is 19.5 Å². The van der Waals surface area contributed by atoms with Gasteiger partial charge >= 0.3 is 6.09 Å². The highest BCUT2D eigenvalue weighted by atomic mass is 16.6. The number of amides is 1. The van der Waals surface area contributed by atoms with Gasteiger partial charge in [0.1, 0.15) is 0 Å². The van der Waals surface area contributed by atoms with Crippen LogP contribution in [0.1, 0.15) is 99.8 Å². The molecule has 1 amide bonds. The van der Waals surface area contributed by atoms with Crippen molar-refractivity contribution in [2.75, 3.05) is 14.1 Å². The van der Waals surface area contributed by atoms with Crippen molar-refractivity contribution in [3.8, 4) is 0 Å². The summed E-state index contributed by atoms with van der Waals surface area (Å²) in [7, 11) is 3.28. The molecule has 0 aromatic rings. The number of hydrogen-bond acceptors (Lipinski definition) is 6. The van der Waals surface area contributed by atoms with Crippen molar-refractivity contribution < 1.29 is 29.6 Å². The molecular formula is C33H55NO6. The Hall–Kier alpha value is -0.890. The molecule has 228 valence electrons. The first-order valence-electron chi connectivity index (χ1n) is 16.0. The van der Waals surface area contributed by atoms with Gasteiger partial charge < -0.3 is 29.7 Å². The average molecular weight is 562 g/mol. The van der Waals surface area contributed by atoms with Crippen LogP contribution >= 0.6 is 0 Å². The number of aliphatic hydroxyl groups is 3. The number of rotatable bonds is 3. The van der Waals surface area contributed by atoms with Crippen molar-refractivity contribution in [2.24, 2.45) is 50.7 Å². The van der Waals surface area contributed by atoms with E-state index in [2.05, 4.69) is 34.6 Å². The molecule has 7 nitrogen and oxygen atoms in total. The second-order valence-electron chi connectivity index (χ2n) is 16.9. The number of ether oxygens (including phenoxy) is 2. The lowest BCUT2D eigenvalue weighted by atomic mass is 9.41. The summed E-state index contributed by atoms with van der Waals surface area (Å²) in [6.07, 6.45) is 5.50. The fraction of sp³-hybridized carbons (Fsp3) is 0.970. The Morgan fingerprint density at radius 2 is 1.62 bits per heavy atom. The highest BCUT2D eigenvalue weighted by Gasteiger charge is 2.84. The second kappa shape index (κ2) is 8.60. The molecule has 3 N–H and O–H groups in total. The third-order valence-electron chi connectivity index (χ3n) is 14.4. The molecule has 6 fully saturated rings. The van der Waals surface area contributed by atoms with E-state index in [0.717, 1.165) is 32.1 Å². The first-order chi connectivity index (χ1) is 18.4. The van der Waals surface area contributed by atoms with Gasteiger partial charge in [0.05, 0.1) is 30.0 Å². The van der Waals surface area contributed by atoms with Gasteiger partial charge in [-0.3, -0.25) is 0 Å². The summed E-state index contributed by atoms with van der Waals surface area (Å²) in [6.45, 7) is 15.0. The van der Waals surface area contributed by atoms with Crippen molar-refractivity contribution in [3.05, 3.63) is 0 Å². The van der Waals surface area contributed by atoms with Gasteiger partial charge in [0.25, 0.3) is 0 Å². The Morgan fingerprint density at radius 1 is 1.00 bits per heavy atom. The third-order valence-corrected chi connectivity index (χ3v) is 14.4. The maximum Gasteiger partial charge on any atom is 0.409 e. The highest BCUT2D eigenvalue weighted by molar-refractivity contribution is 5.67. The van der Waals surface area contributed by atoms with E-state index in [1.807, 2.05) is 0 Å². The number of nitrogens with zero attached hydrogens (tertiary/aromatic N) is 1. The fourth-order valence-electron chi connectivity index (χ4n) is 12.4. The molecule has 2 spiro atoms. The lowest BCUT2D eigenvalue weighted by Crippen LogP contribution is -2.59. The molecule has 0 bridgehead atoms. The van der Waals surface area contributed by atoms with Gasteiger partial charge in [0.2, 0.25) is 0 Å². The molecule has 0 unspecified atom stereocenters. The fourth-order valence-corrected chi connectivity index (χ4v) is 12.4. The summed E-state index contributed by atoms with van der Waals surface area (Å²) in [5.74, 6) is 1.46. The van der Waals surface area contributed by atoms with E-state index < -0.39 is 30.0 Å². The highest BCUT2D eigenvalue weighted by Crippen LogP contribution is 2.89. The van der Waals surface area contributed by atoms with E-state index >= 15 is 0 Å². The molecule has 6 aliphatic rings. The average Bonchev–Trinajstić information content (AvgIpc) is 3.49. The molecule has 6 rings (SSSR count). The first kappa shape index (κ1) is 29.2. The molecular weight excluding hydrogens is 506 g/mol. The van der Waals surface area contributed by atoms with Crippen LogP contribution in [0, 0.1) is 50.7 Å². The predicted octanol–water partition coefficient (Wildman–Crippen LogP) is 5.00. The van der Waals surface area contributed by atoms with Gasteiger partial charge in [-0.1, -0.05) is 34.6 Å². The van der Waals surface area contributed by atoms with Gasteiger partial charge in [-0.25, -0.2) is 4.79 Å². The zero-order valence-electron chi connectivity index (χ0n) is 26.4. The van der Waals surface area contributed by atoms with Crippen LogP contribution in [0.15, 0.2) is 0 Å². The largest absolute Gasteiger partial charge is 0.440 e. The minimum atomic E-state index is -1.28. The van der Waals surface area contributed by atoms with Crippen molar-refractivity contribution >= 4 is 6.09 Å². The van der Waals surface area contributed by atoms with Crippen molar-refractivity contribution in [2.45, 2.75) is 136 Å². The minimum absolute atomic E-state index is 0.0533. The lowest BCUT2D eigenvalue weighted by Gasteiger charge is -2.63. The van der Waals surface area contributed by atoms with Crippen LogP contribution in [-0.4, -0.2) is 76.5 Å².